The van der Waals surface area contributed by atoms with Crippen molar-refractivity contribution in [2.45, 2.75) is 59.2 Å². The van der Waals surface area contributed by atoms with E-state index in [-0.39, 0.29) is 0 Å². The van der Waals surface area contributed by atoms with Gasteiger partial charge in [0.25, 0.3) is 0 Å². The van der Waals surface area contributed by atoms with Crippen molar-refractivity contribution in [3.63, 3.8) is 0 Å². The Hall–Kier alpha value is -0.540. The minimum atomic E-state index is 0.584. The van der Waals surface area contributed by atoms with Gasteiger partial charge in [-0.1, -0.05) is 18.0 Å². The molecule has 3 nitrogen and oxygen atoms in total. The average Bonchev–Trinajstić information content (AvgIpc) is 2.50. The molecule has 1 aromatic rings. The van der Waals surface area contributed by atoms with Crippen molar-refractivity contribution < 1.29 is 0 Å². The second-order valence-electron chi connectivity index (χ2n) is 5.02. The van der Waals surface area contributed by atoms with Crippen LogP contribution in [-0.4, -0.2) is 15.8 Å². The van der Waals surface area contributed by atoms with E-state index in [0.717, 1.165) is 35.4 Å². The van der Waals surface area contributed by atoms with Gasteiger partial charge in [-0.15, -0.1) is 0 Å². The van der Waals surface area contributed by atoms with Crippen LogP contribution in [0.25, 0.3) is 0 Å². The minimum absolute atomic E-state index is 0.584. The van der Waals surface area contributed by atoms with Crippen LogP contribution in [-0.2, 0) is 13.1 Å². The maximum atomic E-state index is 6.28. The van der Waals surface area contributed by atoms with Gasteiger partial charge in [0, 0.05) is 19.1 Å². The zero-order chi connectivity index (χ0) is 12.4. The zero-order valence-electron chi connectivity index (χ0n) is 11.0. The summed E-state index contributed by atoms with van der Waals surface area (Å²) in [5.41, 5.74) is 2.06. The molecule has 0 radical (unpaired) electrons. The number of hydrogen-bond donors (Lipinski definition) is 1. The van der Waals surface area contributed by atoms with Crippen LogP contribution in [0.1, 0.15) is 44.5 Å². The second-order valence-corrected chi connectivity index (χ2v) is 5.40. The highest BCUT2D eigenvalue weighted by atomic mass is 35.5. The van der Waals surface area contributed by atoms with Crippen molar-refractivity contribution in [3.8, 4) is 0 Å². The standard InChI is InChI=1S/C13H22ClN3/c1-4-17-12(13(14)10(3)16-17)8-15-9(2)11-6-5-7-11/h9,11,15H,4-8H2,1-3H3. The fourth-order valence-corrected chi connectivity index (χ4v) is 2.60. The minimum Gasteiger partial charge on any atom is -0.308 e. The second kappa shape index (κ2) is 5.40. The topological polar surface area (TPSA) is 29.9 Å². The Morgan fingerprint density at radius 1 is 1.53 bits per heavy atom. The Bertz CT molecular complexity index is 382. The molecule has 1 aromatic heterocycles. The largest absolute Gasteiger partial charge is 0.308 e. The van der Waals surface area contributed by atoms with E-state index in [1.807, 2.05) is 11.6 Å². The van der Waals surface area contributed by atoms with Crippen LogP contribution in [0.4, 0.5) is 0 Å². The molecule has 0 spiro atoms. The lowest BCUT2D eigenvalue weighted by molar-refractivity contribution is 0.239. The van der Waals surface area contributed by atoms with E-state index >= 15 is 0 Å². The Morgan fingerprint density at radius 2 is 2.24 bits per heavy atom. The van der Waals surface area contributed by atoms with Gasteiger partial charge in [-0.3, -0.25) is 4.68 Å². The zero-order valence-corrected chi connectivity index (χ0v) is 11.7. The van der Waals surface area contributed by atoms with E-state index in [2.05, 4.69) is 24.3 Å². The van der Waals surface area contributed by atoms with E-state index in [9.17, 15) is 0 Å². The molecular formula is C13H22ClN3. The third-order valence-electron chi connectivity index (χ3n) is 3.90. The van der Waals surface area contributed by atoms with Gasteiger partial charge < -0.3 is 5.32 Å². The number of aryl methyl sites for hydroxylation is 2. The molecule has 1 atom stereocenters. The van der Waals surface area contributed by atoms with Gasteiger partial charge in [0.05, 0.1) is 16.4 Å². The van der Waals surface area contributed by atoms with E-state index in [0.29, 0.717) is 6.04 Å². The summed E-state index contributed by atoms with van der Waals surface area (Å²) in [7, 11) is 0. The number of nitrogens with one attached hydrogen (secondary N) is 1. The molecule has 2 rings (SSSR count). The predicted molar refractivity (Wildman–Crippen MR) is 71.3 cm³/mol. The number of halogens is 1. The molecule has 1 unspecified atom stereocenters. The summed E-state index contributed by atoms with van der Waals surface area (Å²) in [6, 6.07) is 0.584. The van der Waals surface area contributed by atoms with Crippen LogP contribution >= 0.6 is 11.6 Å². The molecule has 0 bridgehead atoms. The third-order valence-corrected chi connectivity index (χ3v) is 4.39. The first-order valence-electron chi connectivity index (χ1n) is 6.58. The first-order valence-corrected chi connectivity index (χ1v) is 6.96. The average molecular weight is 256 g/mol. The Morgan fingerprint density at radius 3 is 2.76 bits per heavy atom. The first-order chi connectivity index (χ1) is 8.13. The van der Waals surface area contributed by atoms with E-state index in [1.165, 1.54) is 19.3 Å². The molecule has 1 aliphatic carbocycles. The van der Waals surface area contributed by atoms with Gasteiger partial charge in [0.1, 0.15) is 0 Å². The van der Waals surface area contributed by atoms with Crippen LogP contribution in [0.5, 0.6) is 0 Å². The molecule has 0 aliphatic heterocycles. The van der Waals surface area contributed by atoms with Gasteiger partial charge in [-0.25, -0.2) is 0 Å². The molecule has 4 heteroatoms. The maximum absolute atomic E-state index is 6.28. The van der Waals surface area contributed by atoms with Gasteiger partial charge in [0.2, 0.25) is 0 Å². The summed E-state index contributed by atoms with van der Waals surface area (Å²) in [4.78, 5) is 0. The van der Waals surface area contributed by atoms with Crippen LogP contribution < -0.4 is 5.32 Å². The molecule has 1 fully saturated rings. The summed E-state index contributed by atoms with van der Waals surface area (Å²) in [6.07, 6.45) is 4.13. The lowest BCUT2D eigenvalue weighted by Gasteiger charge is -2.32. The molecule has 1 heterocycles. The molecule has 96 valence electrons. The first kappa shape index (κ1) is 12.9. The van der Waals surface area contributed by atoms with E-state index < -0.39 is 0 Å². The number of nitrogens with zero attached hydrogens (tertiary/aromatic N) is 2. The normalized spacial score (nSPS) is 18.1. The van der Waals surface area contributed by atoms with Crippen LogP contribution in [0.15, 0.2) is 0 Å². The number of hydrogen-bond acceptors (Lipinski definition) is 2. The van der Waals surface area contributed by atoms with Crippen LogP contribution in [0, 0.1) is 12.8 Å². The lowest BCUT2D eigenvalue weighted by Crippen LogP contribution is -2.37. The lowest BCUT2D eigenvalue weighted by atomic mass is 9.80. The van der Waals surface area contributed by atoms with Gasteiger partial charge >= 0.3 is 0 Å². The number of aromatic nitrogens is 2. The molecule has 1 saturated carbocycles. The van der Waals surface area contributed by atoms with Crippen molar-refractivity contribution in [3.05, 3.63) is 16.4 Å². The van der Waals surface area contributed by atoms with Crippen molar-refractivity contribution >= 4 is 11.6 Å². The smallest absolute Gasteiger partial charge is 0.0860 e. The number of rotatable bonds is 5. The molecule has 1 N–H and O–H groups in total. The van der Waals surface area contributed by atoms with Crippen molar-refractivity contribution in [1.82, 2.24) is 15.1 Å². The fraction of sp³-hybridized carbons (Fsp3) is 0.769. The maximum Gasteiger partial charge on any atom is 0.0860 e. The molecular weight excluding hydrogens is 234 g/mol. The summed E-state index contributed by atoms with van der Waals surface area (Å²) in [6.45, 7) is 8.04. The molecule has 1 aliphatic rings. The van der Waals surface area contributed by atoms with Crippen molar-refractivity contribution in [2.75, 3.05) is 0 Å². The molecule has 17 heavy (non-hydrogen) atoms. The van der Waals surface area contributed by atoms with Gasteiger partial charge in [-0.2, -0.15) is 5.10 Å². The third kappa shape index (κ3) is 2.66. The van der Waals surface area contributed by atoms with Gasteiger partial charge in [-0.05, 0) is 39.5 Å². The van der Waals surface area contributed by atoms with Crippen molar-refractivity contribution in [1.29, 1.82) is 0 Å². The monoisotopic (exact) mass is 255 g/mol. The fourth-order valence-electron chi connectivity index (χ4n) is 2.40. The molecule has 0 aromatic carbocycles. The van der Waals surface area contributed by atoms with E-state index in [4.69, 9.17) is 11.6 Å². The summed E-state index contributed by atoms with van der Waals surface area (Å²) in [5.74, 6) is 0.855. The highest BCUT2D eigenvalue weighted by molar-refractivity contribution is 6.31. The molecule has 0 saturated heterocycles. The highest BCUT2D eigenvalue weighted by Crippen LogP contribution is 2.29. The highest BCUT2D eigenvalue weighted by Gasteiger charge is 2.24. The SMILES string of the molecule is CCn1nc(C)c(Cl)c1CNC(C)C1CCC1. The summed E-state index contributed by atoms with van der Waals surface area (Å²) >= 11 is 6.28. The Kier molecular flexibility index (Phi) is 4.10. The molecule has 0 amide bonds. The summed E-state index contributed by atoms with van der Waals surface area (Å²) < 4.78 is 2.00. The van der Waals surface area contributed by atoms with E-state index in [1.54, 1.807) is 0 Å². The Labute approximate surface area is 109 Å². The van der Waals surface area contributed by atoms with Gasteiger partial charge in [0.15, 0.2) is 0 Å². The van der Waals surface area contributed by atoms with Crippen LogP contribution in [0.3, 0.4) is 0 Å². The summed E-state index contributed by atoms with van der Waals surface area (Å²) in [5, 5.41) is 8.83. The Balaban J connectivity index is 1.97. The predicted octanol–water partition coefficient (Wildman–Crippen LogP) is 3.14. The quantitative estimate of drug-likeness (QED) is 0.876. The van der Waals surface area contributed by atoms with Crippen molar-refractivity contribution in [2.24, 2.45) is 5.92 Å². The van der Waals surface area contributed by atoms with Crippen LogP contribution in [0.2, 0.25) is 5.02 Å².